The van der Waals surface area contributed by atoms with Gasteiger partial charge in [0.2, 0.25) is 0 Å². The molecule has 1 aromatic heterocycles. The van der Waals surface area contributed by atoms with E-state index in [9.17, 15) is 5.11 Å². The van der Waals surface area contributed by atoms with Gasteiger partial charge in [0.05, 0.1) is 0 Å². The Balaban J connectivity index is 1.37. The van der Waals surface area contributed by atoms with Gasteiger partial charge in [0.15, 0.2) is 0 Å². The maximum absolute atomic E-state index is 11.0. The quantitative estimate of drug-likeness (QED) is 0.727. The lowest BCUT2D eigenvalue weighted by Gasteiger charge is -2.24. The second kappa shape index (κ2) is 7.91. The molecule has 1 N–H and O–H groups in total. The summed E-state index contributed by atoms with van der Waals surface area (Å²) in [6, 6.07) is 22.1. The maximum atomic E-state index is 11.0. The van der Waals surface area contributed by atoms with Gasteiger partial charge in [-0.25, -0.2) is 0 Å². The summed E-state index contributed by atoms with van der Waals surface area (Å²) >= 11 is 0. The molecule has 138 valence electrons. The molecule has 0 bridgehead atoms. The van der Waals surface area contributed by atoms with E-state index < -0.39 is 5.60 Å². The van der Waals surface area contributed by atoms with E-state index in [-0.39, 0.29) is 0 Å². The number of nitrogens with zero attached hydrogens (tertiary/aromatic N) is 2. The molecule has 4 nitrogen and oxygen atoms in total. The zero-order chi connectivity index (χ0) is 18.5. The summed E-state index contributed by atoms with van der Waals surface area (Å²) in [6.07, 6.45) is 4.34. The van der Waals surface area contributed by atoms with E-state index in [4.69, 9.17) is 4.74 Å². The molecule has 0 spiro atoms. The Kier molecular flexibility index (Phi) is 5.19. The number of ether oxygens (including phenoxy) is 1. The maximum Gasteiger partial charge on any atom is 0.120 e. The third kappa shape index (κ3) is 4.35. The van der Waals surface area contributed by atoms with Crippen LogP contribution in [-0.2, 0) is 18.8 Å². The third-order valence-electron chi connectivity index (χ3n) is 5.07. The molecular formula is C23H24N2O2. The molecule has 0 saturated carbocycles. The van der Waals surface area contributed by atoms with Crippen molar-refractivity contribution < 1.29 is 9.84 Å². The normalized spacial score (nSPS) is 19.9. The molecular weight excluding hydrogens is 336 g/mol. The summed E-state index contributed by atoms with van der Waals surface area (Å²) in [5.74, 6) is 0.855. The van der Waals surface area contributed by atoms with Gasteiger partial charge in [-0.15, -0.1) is 0 Å². The summed E-state index contributed by atoms with van der Waals surface area (Å²) in [5.41, 5.74) is 2.49. The van der Waals surface area contributed by atoms with Crippen molar-refractivity contribution in [1.29, 1.82) is 0 Å². The zero-order valence-corrected chi connectivity index (χ0v) is 15.3. The van der Waals surface area contributed by atoms with Crippen LogP contribution in [0.1, 0.15) is 23.1 Å². The molecule has 3 aromatic rings. The Hall–Kier alpha value is -2.69. The summed E-state index contributed by atoms with van der Waals surface area (Å²) < 4.78 is 5.90. The topological polar surface area (TPSA) is 45.6 Å². The molecule has 2 heterocycles. The average Bonchev–Trinajstić information content (AvgIpc) is 3.10. The third-order valence-corrected chi connectivity index (χ3v) is 5.07. The number of β-amino-alcohol motifs (C(OH)–C–C–N with tert-alkyl or cyclic N) is 1. The van der Waals surface area contributed by atoms with Crippen LogP contribution in [0.2, 0.25) is 0 Å². The number of benzene rings is 2. The number of aliphatic hydroxyl groups is 1. The minimum atomic E-state index is -0.754. The first-order valence-corrected chi connectivity index (χ1v) is 9.32. The van der Waals surface area contributed by atoms with Gasteiger partial charge >= 0.3 is 0 Å². The van der Waals surface area contributed by atoms with Crippen molar-refractivity contribution in [3.8, 4) is 5.75 Å². The Labute approximate surface area is 160 Å². The highest BCUT2D eigenvalue weighted by atomic mass is 16.5. The summed E-state index contributed by atoms with van der Waals surface area (Å²) in [6.45, 7) is 2.85. The van der Waals surface area contributed by atoms with Gasteiger partial charge in [0, 0.05) is 37.6 Å². The van der Waals surface area contributed by atoms with Crippen LogP contribution in [0.25, 0.3) is 0 Å². The van der Waals surface area contributed by atoms with E-state index >= 15 is 0 Å². The van der Waals surface area contributed by atoms with Crippen LogP contribution in [-0.4, -0.2) is 28.1 Å². The summed E-state index contributed by atoms with van der Waals surface area (Å²) in [4.78, 5) is 6.41. The van der Waals surface area contributed by atoms with Crippen molar-refractivity contribution in [2.45, 2.75) is 25.2 Å². The average molecular weight is 360 g/mol. The minimum Gasteiger partial charge on any atom is -0.489 e. The number of hydrogen-bond donors (Lipinski definition) is 1. The SMILES string of the molecule is O[C@]1(c2ccccc2)CCN(Cc2cccc(OCc3cccnc3)c2)C1. The summed E-state index contributed by atoms with van der Waals surface area (Å²) in [5, 5.41) is 11.0. The standard InChI is InChI=1S/C23H24N2O2/c26-23(21-8-2-1-3-9-21)11-13-25(18-23)16-19-6-4-10-22(14-19)27-17-20-7-5-12-24-15-20/h1-10,12,14-15,26H,11,13,16-18H2/t23-/m1/s1. The van der Waals surface area contributed by atoms with Crippen molar-refractivity contribution in [3.63, 3.8) is 0 Å². The van der Waals surface area contributed by atoms with Crippen LogP contribution in [0.5, 0.6) is 5.75 Å². The van der Waals surface area contributed by atoms with E-state index in [0.29, 0.717) is 13.2 Å². The molecule has 0 amide bonds. The molecule has 27 heavy (non-hydrogen) atoms. The van der Waals surface area contributed by atoms with Crippen LogP contribution in [0, 0.1) is 0 Å². The van der Waals surface area contributed by atoms with Crippen molar-refractivity contribution >= 4 is 0 Å². The van der Waals surface area contributed by atoms with E-state index in [1.54, 1.807) is 6.20 Å². The molecule has 2 aromatic carbocycles. The molecule has 1 atom stereocenters. The fourth-order valence-corrected chi connectivity index (χ4v) is 3.63. The van der Waals surface area contributed by atoms with Gasteiger partial charge in [0.1, 0.15) is 18.0 Å². The van der Waals surface area contributed by atoms with Gasteiger partial charge in [-0.3, -0.25) is 9.88 Å². The largest absolute Gasteiger partial charge is 0.489 e. The number of likely N-dealkylation sites (tertiary alicyclic amines) is 1. The Morgan fingerprint density at radius 3 is 2.67 bits per heavy atom. The Bertz CT molecular complexity index is 870. The van der Waals surface area contributed by atoms with Gasteiger partial charge in [-0.2, -0.15) is 0 Å². The highest BCUT2D eigenvalue weighted by Crippen LogP contribution is 2.32. The lowest BCUT2D eigenvalue weighted by molar-refractivity contribution is 0.0453. The molecule has 1 fully saturated rings. The van der Waals surface area contributed by atoms with E-state index in [2.05, 4.69) is 22.0 Å². The van der Waals surface area contributed by atoms with Crippen molar-refractivity contribution in [1.82, 2.24) is 9.88 Å². The predicted molar refractivity (Wildman–Crippen MR) is 105 cm³/mol. The second-order valence-electron chi connectivity index (χ2n) is 7.16. The fraction of sp³-hybridized carbons (Fsp3) is 0.261. The molecule has 0 unspecified atom stereocenters. The predicted octanol–water partition coefficient (Wildman–Crippen LogP) is 3.75. The minimum absolute atomic E-state index is 0.509. The molecule has 0 radical (unpaired) electrons. The molecule has 4 heteroatoms. The Morgan fingerprint density at radius 1 is 1.00 bits per heavy atom. The fourth-order valence-electron chi connectivity index (χ4n) is 3.63. The summed E-state index contributed by atoms with van der Waals surface area (Å²) in [7, 11) is 0. The highest BCUT2D eigenvalue weighted by molar-refractivity contribution is 5.29. The van der Waals surface area contributed by atoms with Crippen LogP contribution < -0.4 is 4.74 Å². The van der Waals surface area contributed by atoms with Crippen molar-refractivity contribution in [2.24, 2.45) is 0 Å². The number of aromatic nitrogens is 1. The van der Waals surface area contributed by atoms with Crippen LogP contribution in [0.4, 0.5) is 0 Å². The van der Waals surface area contributed by atoms with Gasteiger partial charge in [-0.1, -0.05) is 48.5 Å². The van der Waals surface area contributed by atoms with Crippen LogP contribution in [0.3, 0.4) is 0 Å². The Morgan fingerprint density at radius 2 is 1.85 bits per heavy atom. The molecule has 1 saturated heterocycles. The smallest absolute Gasteiger partial charge is 0.120 e. The highest BCUT2D eigenvalue weighted by Gasteiger charge is 2.37. The first-order chi connectivity index (χ1) is 13.2. The van der Waals surface area contributed by atoms with E-state index in [1.807, 2.05) is 60.8 Å². The van der Waals surface area contributed by atoms with E-state index in [1.165, 1.54) is 5.56 Å². The van der Waals surface area contributed by atoms with Crippen LogP contribution >= 0.6 is 0 Å². The number of hydrogen-bond acceptors (Lipinski definition) is 4. The van der Waals surface area contributed by atoms with Crippen molar-refractivity contribution in [3.05, 3.63) is 95.8 Å². The van der Waals surface area contributed by atoms with Gasteiger partial charge < -0.3 is 9.84 Å². The monoisotopic (exact) mass is 360 g/mol. The number of rotatable bonds is 6. The zero-order valence-electron chi connectivity index (χ0n) is 15.3. The van der Waals surface area contributed by atoms with E-state index in [0.717, 1.165) is 36.4 Å². The van der Waals surface area contributed by atoms with Gasteiger partial charge in [-0.05, 0) is 35.7 Å². The molecule has 0 aliphatic carbocycles. The number of pyridine rings is 1. The molecule has 1 aliphatic rings. The first kappa shape index (κ1) is 17.7. The first-order valence-electron chi connectivity index (χ1n) is 9.32. The van der Waals surface area contributed by atoms with Crippen LogP contribution in [0.15, 0.2) is 79.1 Å². The lowest BCUT2D eigenvalue weighted by Crippen LogP contribution is -2.30. The lowest BCUT2D eigenvalue weighted by atomic mass is 9.93. The van der Waals surface area contributed by atoms with Crippen molar-refractivity contribution in [2.75, 3.05) is 13.1 Å². The second-order valence-corrected chi connectivity index (χ2v) is 7.16. The molecule has 4 rings (SSSR count). The van der Waals surface area contributed by atoms with Gasteiger partial charge in [0.25, 0.3) is 0 Å². The molecule has 1 aliphatic heterocycles.